The van der Waals surface area contributed by atoms with Gasteiger partial charge in [0.05, 0.1) is 0 Å². The lowest BCUT2D eigenvalue weighted by Gasteiger charge is -2.39. The molecule has 1 atom stereocenters. The quantitative estimate of drug-likeness (QED) is 0.874. The van der Waals surface area contributed by atoms with Crippen LogP contribution in [-0.4, -0.2) is 59.8 Å². The van der Waals surface area contributed by atoms with E-state index in [1.54, 1.807) is 12.3 Å². The molecule has 0 spiro atoms. The molecule has 2 heterocycles. The van der Waals surface area contributed by atoms with Crippen molar-refractivity contribution in [3.63, 3.8) is 0 Å². The number of amides is 1. The topological polar surface area (TPSA) is 64.3 Å². The molecule has 1 aliphatic heterocycles. The van der Waals surface area contributed by atoms with Crippen molar-refractivity contribution in [1.82, 2.24) is 20.4 Å². The highest BCUT2D eigenvalue weighted by atomic mass is 16.1. The Hall–Kier alpha value is -2.34. The number of hydrogen-bond donors (Lipinski definition) is 2. The SMILES string of the molecule is CC(CNC(=O)c1ccn[nH]1)N1CCN(c2ccccc2)CC1. The van der Waals surface area contributed by atoms with E-state index in [-0.39, 0.29) is 5.91 Å². The second kappa shape index (κ2) is 7.28. The summed E-state index contributed by atoms with van der Waals surface area (Å²) < 4.78 is 0. The maximum atomic E-state index is 11.9. The maximum absolute atomic E-state index is 11.9. The van der Waals surface area contributed by atoms with Gasteiger partial charge in [-0.05, 0) is 25.1 Å². The van der Waals surface area contributed by atoms with Gasteiger partial charge in [0.15, 0.2) is 0 Å². The molecule has 6 nitrogen and oxygen atoms in total. The molecule has 23 heavy (non-hydrogen) atoms. The fraction of sp³-hybridized carbons (Fsp3) is 0.412. The van der Waals surface area contributed by atoms with Crippen molar-refractivity contribution in [2.24, 2.45) is 0 Å². The van der Waals surface area contributed by atoms with Crippen LogP contribution in [0.3, 0.4) is 0 Å². The number of nitrogens with zero attached hydrogens (tertiary/aromatic N) is 3. The van der Waals surface area contributed by atoms with Gasteiger partial charge in [0.25, 0.3) is 5.91 Å². The van der Waals surface area contributed by atoms with Gasteiger partial charge in [-0.15, -0.1) is 0 Å². The molecule has 0 saturated carbocycles. The molecular formula is C17H23N5O. The Morgan fingerprint density at radius 2 is 1.96 bits per heavy atom. The van der Waals surface area contributed by atoms with Crippen LogP contribution in [0.1, 0.15) is 17.4 Å². The molecule has 1 amide bonds. The lowest BCUT2D eigenvalue weighted by atomic mass is 10.2. The van der Waals surface area contributed by atoms with Crippen LogP contribution in [0, 0.1) is 0 Å². The van der Waals surface area contributed by atoms with Gasteiger partial charge in [-0.2, -0.15) is 5.10 Å². The van der Waals surface area contributed by atoms with Crippen molar-refractivity contribution in [3.05, 3.63) is 48.3 Å². The Bertz CT molecular complexity index is 605. The molecule has 3 rings (SSSR count). The Morgan fingerprint density at radius 3 is 2.61 bits per heavy atom. The number of aromatic amines is 1. The Kier molecular flexibility index (Phi) is 4.92. The average Bonchev–Trinajstić information content (AvgIpc) is 3.15. The van der Waals surface area contributed by atoms with E-state index in [1.165, 1.54) is 5.69 Å². The van der Waals surface area contributed by atoms with Crippen molar-refractivity contribution < 1.29 is 4.79 Å². The molecule has 0 aliphatic carbocycles. The van der Waals surface area contributed by atoms with Crippen molar-refractivity contribution in [3.8, 4) is 0 Å². The third-order valence-electron chi connectivity index (χ3n) is 4.36. The van der Waals surface area contributed by atoms with Crippen LogP contribution in [0.25, 0.3) is 0 Å². The molecule has 1 unspecified atom stereocenters. The third-order valence-corrected chi connectivity index (χ3v) is 4.36. The van der Waals surface area contributed by atoms with E-state index in [4.69, 9.17) is 0 Å². The predicted octanol–water partition coefficient (Wildman–Crippen LogP) is 1.35. The zero-order chi connectivity index (χ0) is 16.1. The predicted molar refractivity (Wildman–Crippen MR) is 90.6 cm³/mol. The minimum Gasteiger partial charge on any atom is -0.369 e. The molecule has 122 valence electrons. The normalized spacial score (nSPS) is 17.0. The Labute approximate surface area is 136 Å². The van der Waals surface area contributed by atoms with Gasteiger partial charge < -0.3 is 10.2 Å². The summed E-state index contributed by atoms with van der Waals surface area (Å²) in [6.45, 7) is 6.85. The highest BCUT2D eigenvalue weighted by Gasteiger charge is 2.21. The standard InChI is InChI=1S/C17H23N5O/c1-14(13-18-17(23)16-7-8-19-20-16)21-9-11-22(12-10-21)15-5-3-2-4-6-15/h2-8,14H,9-13H2,1H3,(H,18,23)(H,19,20). The van der Waals surface area contributed by atoms with Gasteiger partial charge in [0.1, 0.15) is 5.69 Å². The van der Waals surface area contributed by atoms with Crippen molar-refractivity contribution in [1.29, 1.82) is 0 Å². The molecule has 1 aliphatic rings. The Morgan fingerprint density at radius 1 is 1.22 bits per heavy atom. The molecule has 2 N–H and O–H groups in total. The number of benzene rings is 1. The summed E-state index contributed by atoms with van der Waals surface area (Å²) in [5, 5.41) is 9.44. The average molecular weight is 313 g/mol. The van der Waals surface area contributed by atoms with E-state index < -0.39 is 0 Å². The summed E-state index contributed by atoms with van der Waals surface area (Å²) in [7, 11) is 0. The lowest BCUT2D eigenvalue weighted by Crippen LogP contribution is -2.52. The van der Waals surface area contributed by atoms with Gasteiger partial charge in [-0.25, -0.2) is 0 Å². The zero-order valence-electron chi connectivity index (χ0n) is 13.4. The van der Waals surface area contributed by atoms with Crippen LogP contribution in [0.5, 0.6) is 0 Å². The zero-order valence-corrected chi connectivity index (χ0v) is 13.4. The minimum absolute atomic E-state index is 0.0997. The molecule has 2 aromatic rings. The fourth-order valence-electron chi connectivity index (χ4n) is 2.91. The van der Waals surface area contributed by atoms with Crippen LogP contribution < -0.4 is 10.2 Å². The first-order chi connectivity index (χ1) is 11.2. The number of piperazine rings is 1. The fourth-order valence-corrected chi connectivity index (χ4v) is 2.91. The lowest BCUT2D eigenvalue weighted by molar-refractivity contribution is 0.0929. The molecule has 0 bridgehead atoms. The summed E-state index contributed by atoms with van der Waals surface area (Å²) in [6.07, 6.45) is 1.58. The van der Waals surface area contributed by atoms with E-state index >= 15 is 0 Å². The van der Waals surface area contributed by atoms with Gasteiger partial charge in [0.2, 0.25) is 0 Å². The van der Waals surface area contributed by atoms with E-state index in [2.05, 4.69) is 56.5 Å². The minimum atomic E-state index is -0.0997. The molecule has 0 radical (unpaired) electrons. The number of carbonyl (C=O) groups excluding carboxylic acids is 1. The van der Waals surface area contributed by atoms with E-state index in [1.807, 2.05) is 6.07 Å². The summed E-state index contributed by atoms with van der Waals surface area (Å²) in [5.74, 6) is -0.0997. The van der Waals surface area contributed by atoms with Gasteiger partial charge >= 0.3 is 0 Å². The van der Waals surface area contributed by atoms with Crippen LogP contribution in [-0.2, 0) is 0 Å². The third kappa shape index (κ3) is 3.90. The summed E-state index contributed by atoms with van der Waals surface area (Å²) in [5.41, 5.74) is 1.79. The number of anilines is 1. The molecule has 1 aromatic heterocycles. The second-order valence-electron chi connectivity index (χ2n) is 5.89. The Balaban J connectivity index is 1.45. The number of hydrogen-bond acceptors (Lipinski definition) is 4. The first-order valence-electron chi connectivity index (χ1n) is 8.05. The summed E-state index contributed by atoms with van der Waals surface area (Å²) in [6, 6.07) is 12.5. The van der Waals surface area contributed by atoms with Gasteiger partial charge in [-0.1, -0.05) is 18.2 Å². The van der Waals surface area contributed by atoms with E-state index in [0.717, 1.165) is 26.2 Å². The highest BCUT2D eigenvalue weighted by Crippen LogP contribution is 2.16. The van der Waals surface area contributed by atoms with Crippen LogP contribution in [0.4, 0.5) is 5.69 Å². The molecular weight excluding hydrogens is 290 g/mol. The maximum Gasteiger partial charge on any atom is 0.269 e. The van der Waals surface area contributed by atoms with Gasteiger partial charge in [0, 0.05) is 50.6 Å². The first kappa shape index (κ1) is 15.6. The van der Waals surface area contributed by atoms with Crippen molar-refractivity contribution in [2.75, 3.05) is 37.6 Å². The molecule has 1 fully saturated rings. The second-order valence-corrected chi connectivity index (χ2v) is 5.89. The van der Waals surface area contributed by atoms with Crippen molar-refractivity contribution >= 4 is 11.6 Å². The van der Waals surface area contributed by atoms with Crippen LogP contribution in [0.2, 0.25) is 0 Å². The first-order valence-corrected chi connectivity index (χ1v) is 8.05. The van der Waals surface area contributed by atoms with Gasteiger partial charge in [-0.3, -0.25) is 14.8 Å². The van der Waals surface area contributed by atoms with Crippen LogP contribution in [0.15, 0.2) is 42.6 Å². The smallest absolute Gasteiger partial charge is 0.269 e. The van der Waals surface area contributed by atoms with Crippen molar-refractivity contribution in [2.45, 2.75) is 13.0 Å². The molecule has 6 heteroatoms. The number of H-pyrrole nitrogens is 1. The largest absolute Gasteiger partial charge is 0.369 e. The number of carbonyl (C=O) groups is 1. The number of aromatic nitrogens is 2. The summed E-state index contributed by atoms with van der Waals surface area (Å²) >= 11 is 0. The number of nitrogens with one attached hydrogen (secondary N) is 2. The highest BCUT2D eigenvalue weighted by molar-refractivity contribution is 5.92. The van der Waals surface area contributed by atoms with E-state index in [0.29, 0.717) is 18.3 Å². The number of para-hydroxylation sites is 1. The monoisotopic (exact) mass is 313 g/mol. The molecule has 1 saturated heterocycles. The van der Waals surface area contributed by atoms with E-state index in [9.17, 15) is 4.79 Å². The number of rotatable bonds is 5. The van der Waals surface area contributed by atoms with Crippen LogP contribution >= 0.6 is 0 Å². The summed E-state index contributed by atoms with van der Waals surface area (Å²) in [4.78, 5) is 16.8. The molecule has 1 aromatic carbocycles.